The fourth-order valence-corrected chi connectivity index (χ4v) is 3.40. The topological polar surface area (TPSA) is 74.0 Å². The van der Waals surface area contributed by atoms with Crippen molar-refractivity contribution in [3.8, 4) is 0 Å². The molecule has 0 bridgehead atoms. The number of carbonyl (C=O) groups excluding carboxylic acids is 2. The predicted molar refractivity (Wildman–Crippen MR) is 102 cm³/mol. The van der Waals surface area contributed by atoms with E-state index in [9.17, 15) is 18.4 Å². The normalized spacial score (nSPS) is 18.1. The van der Waals surface area contributed by atoms with Gasteiger partial charge in [-0.2, -0.15) is 0 Å². The maximum absolute atomic E-state index is 13.6. The van der Waals surface area contributed by atoms with Crippen LogP contribution < -0.4 is 10.6 Å². The molecule has 5 nitrogen and oxygen atoms in total. The number of hydrogen-bond donors (Lipinski definition) is 3. The van der Waals surface area contributed by atoms with Crippen LogP contribution >= 0.6 is 0 Å². The van der Waals surface area contributed by atoms with Crippen molar-refractivity contribution in [3.05, 3.63) is 65.9 Å². The molecule has 1 aromatic heterocycles. The summed E-state index contributed by atoms with van der Waals surface area (Å²) in [6.45, 7) is 0.452. The maximum Gasteiger partial charge on any atom is 0.228 e. The Morgan fingerprint density at radius 1 is 1.00 bits per heavy atom. The Kier molecular flexibility index (Phi) is 4.81. The van der Waals surface area contributed by atoms with E-state index in [-0.39, 0.29) is 5.91 Å². The van der Waals surface area contributed by atoms with Crippen molar-refractivity contribution in [2.75, 3.05) is 11.9 Å². The molecule has 3 N–H and O–H groups in total. The second-order valence-electron chi connectivity index (χ2n) is 6.94. The summed E-state index contributed by atoms with van der Waals surface area (Å²) >= 11 is 0. The van der Waals surface area contributed by atoms with Crippen molar-refractivity contribution in [3.63, 3.8) is 0 Å². The number of rotatable bonds is 6. The molecule has 2 aromatic carbocycles. The Bertz CT molecular complexity index is 1030. The van der Waals surface area contributed by atoms with Gasteiger partial charge in [0, 0.05) is 23.6 Å². The van der Waals surface area contributed by atoms with Gasteiger partial charge in [0.25, 0.3) is 0 Å². The van der Waals surface area contributed by atoms with Crippen LogP contribution in [-0.2, 0) is 16.0 Å². The number of amides is 2. The van der Waals surface area contributed by atoms with Gasteiger partial charge in [-0.25, -0.2) is 8.78 Å². The lowest BCUT2D eigenvalue weighted by atomic mass is 10.1. The van der Waals surface area contributed by atoms with Gasteiger partial charge in [0.2, 0.25) is 11.8 Å². The quantitative estimate of drug-likeness (QED) is 0.611. The highest BCUT2D eigenvalue weighted by molar-refractivity contribution is 5.99. The first-order valence-electron chi connectivity index (χ1n) is 9.12. The lowest BCUT2D eigenvalue weighted by molar-refractivity contribution is -0.125. The van der Waals surface area contributed by atoms with Gasteiger partial charge in [-0.05, 0) is 36.6 Å². The first kappa shape index (κ1) is 18.2. The predicted octanol–water partition coefficient (Wildman–Crippen LogP) is 3.38. The Labute approximate surface area is 160 Å². The fourth-order valence-electron chi connectivity index (χ4n) is 3.40. The molecule has 0 spiro atoms. The summed E-state index contributed by atoms with van der Waals surface area (Å²) in [6, 6.07) is 11.3. The minimum Gasteiger partial charge on any atom is -0.361 e. The van der Waals surface area contributed by atoms with E-state index in [4.69, 9.17) is 0 Å². The number of anilines is 1. The highest BCUT2D eigenvalue weighted by Gasteiger charge is 2.48. The van der Waals surface area contributed by atoms with E-state index in [0.717, 1.165) is 28.6 Å². The van der Waals surface area contributed by atoms with Gasteiger partial charge >= 0.3 is 0 Å². The van der Waals surface area contributed by atoms with Crippen LogP contribution in [0, 0.1) is 23.5 Å². The van der Waals surface area contributed by atoms with Crippen molar-refractivity contribution in [1.82, 2.24) is 10.3 Å². The van der Waals surface area contributed by atoms with E-state index in [1.807, 2.05) is 30.5 Å². The van der Waals surface area contributed by atoms with Gasteiger partial charge < -0.3 is 15.6 Å². The lowest BCUT2D eigenvalue weighted by Gasteiger charge is -2.08. The van der Waals surface area contributed by atoms with Crippen LogP contribution in [0.5, 0.6) is 0 Å². The number of aromatic nitrogens is 1. The van der Waals surface area contributed by atoms with Gasteiger partial charge in [-0.1, -0.05) is 24.3 Å². The van der Waals surface area contributed by atoms with Crippen LogP contribution in [0.25, 0.3) is 10.9 Å². The molecule has 0 saturated heterocycles. The number of H-pyrrole nitrogens is 1. The smallest absolute Gasteiger partial charge is 0.228 e. The highest BCUT2D eigenvalue weighted by atomic mass is 19.1. The Balaban J connectivity index is 1.28. The first-order valence-corrected chi connectivity index (χ1v) is 9.12. The number of aromatic amines is 1. The van der Waals surface area contributed by atoms with Crippen LogP contribution in [0.3, 0.4) is 0 Å². The van der Waals surface area contributed by atoms with Gasteiger partial charge in [0.1, 0.15) is 17.3 Å². The van der Waals surface area contributed by atoms with Crippen molar-refractivity contribution >= 4 is 28.4 Å². The van der Waals surface area contributed by atoms with Gasteiger partial charge in [0.15, 0.2) is 0 Å². The molecule has 28 heavy (non-hydrogen) atoms. The third-order valence-electron chi connectivity index (χ3n) is 5.04. The van der Waals surface area contributed by atoms with Gasteiger partial charge in [-0.15, -0.1) is 0 Å². The number of nitrogens with one attached hydrogen (secondary N) is 3. The summed E-state index contributed by atoms with van der Waals surface area (Å²) in [5.41, 5.74) is 1.68. The van der Waals surface area contributed by atoms with Crippen molar-refractivity contribution in [2.45, 2.75) is 12.8 Å². The molecule has 4 rings (SSSR count). The summed E-state index contributed by atoms with van der Waals surface area (Å²) in [5.74, 6) is -3.46. The van der Waals surface area contributed by atoms with E-state index < -0.39 is 35.1 Å². The van der Waals surface area contributed by atoms with E-state index in [1.165, 1.54) is 6.07 Å². The third-order valence-corrected chi connectivity index (χ3v) is 5.04. The Hall–Kier alpha value is -3.22. The molecule has 1 heterocycles. The van der Waals surface area contributed by atoms with E-state index in [1.54, 1.807) is 0 Å². The number of halogens is 2. The molecule has 1 fully saturated rings. The summed E-state index contributed by atoms with van der Waals surface area (Å²) < 4.78 is 27.3. The zero-order valence-corrected chi connectivity index (χ0v) is 15.0. The average molecular weight is 383 g/mol. The number of carbonyl (C=O) groups is 2. The number of hydrogen-bond acceptors (Lipinski definition) is 2. The van der Waals surface area contributed by atoms with Crippen LogP contribution in [0.15, 0.2) is 48.7 Å². The Morgan fingerprint density at radius 3 is 2.50 bits per heavy atom. The molecule has 0 aliphatic heterocycles. The van der Waals surface area contributed by atoms with E-state index in [0.29, 0.717) is 19.4 Å². The highest BCUT2D eigenvalue weighted by Crippen LogP contribution is 2.39. The number of benzene rings is 2. The molecular formula is C21H19F2N3O2. The molecule has 2 atom stereocenters. The van der Waals surface area contributed by atoms with Crippen molar-refractivity contribution in [2.24, 2.45) is 11.8 Å². The molecule has 144 valence electrons. The minimum absolute atomic E-state index is 0.214. The van der Waals surface area contributed by atoms with Crippen LogP contribution in [0.1, 0.15) is 12.0 Å². The molecule has 7 heteroatoms. The molecule has 1 aliphatic carbocycles. The lowest BCUT2D eigenvalue weighted by Crippen LogP contribution is -2.29. The molecule has 2 unspecified atom stereocenters. The second kappa shape index (κ2) is 7.42. The number of fused-ring (bicyclic) bond motifs is 1. The minimum atomic E-state index is -0.839. The second-order valence-corrected chi connectivity index (χ2v) is 6.94. The Morgan fingerprint density at radius 2 is 1.71 bits per heavy atom. The van der Waals surface area contributed by atoms with Crippen molar-refractivity contribution in [1.29, 1.82) is 0 Å². The van der Waals surface area contributed by atoms with Gasteiger partial charge in [-0.3, -0.25) is 9.59 Å². The molecule has 0 radical (unpaired) electrons. The fraction of sp³-hybridized carbons (Fsp3) is 0.238. The average Bonchev–Trinajstić information content (AvgIpc) is 3.40. The van der Waals surface area contributed by atoms with Crippen LogP contribution in [0.2, 0.25) is 0 Å². The van der Waals surface area contributed by atoms with Gasteiger partial charge in [0.05, 0.1) is 11.8 Å². The summed E-state index contributed by atoms with van der Waals surface area (Å²) in [4.78, 5) is 27.6. The monoisotopic (exact) mass is 383 g/mol. The molecular weight excluding hydrogens is 364 g/mol. The first-order chi connectivity index (χ1) is 13.5. The molecule has 1 aliphatic rings. The van der Waals surface area contributed by atoms with Crippen molar-refractivity contribution < 1.29 is 18.4 Å². The SMILES string of the molecule is O=C(NCCc1c[nH]c2ccccc12)C1CC1C(=O)Nc1c(F)cccc1F. The zero-order valence-electron chi connectivity index (χ0n) is 15.0. The van der Waals surface area contributed by atoms with E-state index >= 15 is 0 Å². The summed E-state index contributed by atoms with van der Waals surface area (Å²) in [5, 5.41) is 6.21. The molecule has 3 aromatic rings. The van der Waals surface area contributed by atoms with Crippen LogP contribution in [-0.4, -0.2) is 23.3 Å². The third kappa shape index (κ3) is 3.60. The van der Waals surface area contributed by atoms with Crippen LogP contribution in [0.4, 0.5) is 14.5 Å². The summed E-state index contributed by atoms with van der Waals surface area (Å²) in [7, 11) is 0. The maximum atomic E-state index is 13.6. The number of para-hydroxylation sites is 2. The summed E-state index contributed by atoms with van der Waals surface area (Å²) in [6.07, 6.45) is 2.97. The molecule has 1 saturated carbocycles. The zero-order chi connectivity index (χ0) is 19.7. The van der Waals surface area contributed by atoms with E-state index in [2.05, 4.69) is 15.6 Å². The standard InChI is InChI=1S/C21H19F2N3O2/c22-16-5-3-6-17(23)19(16)26-21(28)15-10-14(15)20(27)24-9-8-12-11-25-18-7-2-1-4-13(12)18/h1-7,11,14-15,25H,8-10H2,(H,24,27)(H,26,28). The largest absolute Gasteiger partial charge is 0.361 e. The molecule has 2 amide bonds.